The molecule has 3 aliphatic rings. The van der Waals surface area contributed by atoms with Crippen molar-refractivity contribution in [2.24, 2.45) is 0 Å². The second-order valence-electron chi connectivity index (χ2n) is 8.77. The van der Waals surface area contributed by atoms with E-state index in [2.05, 4.69) is 20.8 Å². The Balaban J connectivity index is 1.56. The highest BCUT2D eigenvalue weighted by molar-refractivity contribution is 6.00. The lowest BCUT2D eigenvalue weighted by atomic mass is 9.87. The molecule has 3 atom stereocenters. The number of fused-ring (bicyclic) bond motifs is 1. The molecule has 4 rings (SSSR count). The first-order chi connectivity index (χ1) is 12.5. The van der Waals surface area contributed by atoms with E-state index >= 15 is 0 Å². The quantitative estimate of drug-likeness (QED) is 0.751. The summed E-state index contributed by atoms with van der Waals surface area (Å²) < 4.78 is 22.5. The number of carbonyl (C=O) groups excluding carboxylic acids is 2. The average molecular weight is 375 g/mol. The number of Topliss-reactive ketones (excluding diaryl/α,β-unsaturated/α-hetero) is 1. The van der Waals surface area contributed by atoms with Gasteiger partial charge in [0.2, 0.25) is 5.78 Å². The van der Waals surface area contributed by atoms with Crippen LogP contribution in [-0.2, 0) is 29.2 Å². The second-order valence-corrected chi connectivity index (χ2v) is 8.77. The maximum atomic E-state index is 13.0. The van der Waals surface area contributed by atoms with Gasteiger partial charge in [-0.15, -0.1) is 0 Å². The number of amides is 1. The Labute approximate surface area is 158 Å². The molecular formula is C20H25NO6. The van der Waals surface area contributed by atoms with Crippen molar-refractivity contribution in [3.05, 3.63) is 29.8 Å². The molecule has 7 heteroatoms. The van der Waals surface area contributed by atoms with Crippen LogP contribution in [0.25, 0.3) is 0 Å². The lowest BCUT2D eigenvalue weighted by Gasteiger charge is -2.34. The molecule has 1 spiro atoms. The Morgan fingerprint density at radius 2 is 1.74 bits per heavy atom. The highest BCUT2D eigenvalue weighted by Crippen LogP contribution is 2.40. The van der Waals surface area contributed by atoms with E-state index in [1.807, 2.05) is 24.3 Å². The fourth-order valence-corrected chi connectivity index (χ4v) is 3.73. The summed E-state index contributed by atoms with van der Waals surface area (Å²) in [5.74, 6) is -2.93. The molecule has 1 aromatic rings. The fourth-order valence-electron chi connectivity index (χ4n) is 3.73. The van der Waals surface area contributed by atoms with Crippen molar-refractivity contribution in [3.63, 3.8) is 0 Å². The van der Waals surface area contributed by atoms with E-state index in [1.54, 1.807) is 13.8 Å². The Hall–Kier alpha value is -1.96. The summed E-state index contributed by atoms with van der Waals surface area (Å²) in [5, 5.41) is 0. The van der Waals surface area contributed by atoms with Gasteiger partial charge in [-0.1, -0.05) is 32.9 Å². The van der Waals surface area contributed by atoms with Crippen LogP contribution < -0.4 is 4.90 Å². The van der Waals surface area contributed by atoms with Gasteiger partial charge in [-0.3, -0.25) is 9.69 Å². The first-order valence-electron chi connectivity index (χ1n) is 9.16. The lowest BCUT2D eigenvalue weighted by Crippen LogP contribution is -2.59. The van der Waals surface area contributed by atoms with Crippen molar-refractivity contribution in [1.82, 2.24) is 0 Å². The van der Waals surface area contributed by atoms with Crippen LogP contribution in [0.4, 0.5) is 10.5 Å². The van der Waals surface area contributed by atoms with Crippen LogP contribution in [0.15, 0.2) is 24.3 Å². The number of anilines is 1. The molecule has 7 nitrogen and oxygen atoms in total. The number of hydrogen-bond acceptors (Lipinski definition) is 6. The zero-order valence-corrected chi connectivity index (χ0v) is 16.3. The average Bonchev–Trinajstić information content (AvgIpc) is 3.08. The predicted molar refractivity (Wildman–Crippen MR) is 96.5 cm³/mol. The standard InChI is InChI=1S/C20H25NO6/c1-18(2,3)12-6-8-13(9-7-12)21-11-20(27-17(21)23)16(22)15-14(10-24-20)25-19(4,5)26-15/h6-9,14-15H,10-11H2,1-5H3/t14-,15-,20+/m1/s1. The van der Waals surface area contributed by atoms with Gasteiger partial charge in [-0.25, -0.2) is 4.79 Å². The summed E-state index contributed by atoms with van der Waals surface area (Å²) in [4.78, 5) is 26.9. The lowest BCUT2D eigenvalue weighted by molar-refractivity contribution is -0.218. The SMILES string of the molecule is CC1(C)O[C@@H]2CO[C@]3(CN(c4ccc(C(C)(C)C)cc4)C(=O)O3)C(=O)[C@@H]2O1. The summed E-state index contributed by atoms with van der Waals surface area (Å²) in [6.45, 7) is 9.98. The Kier molecular flexibility index (Phi) is 3.93. The number of carbonyl (C=O) groups is 2. The predicted octanol–water partition coefficient (Wildman–Crippen LogP) is 2.76. The van der Waals surface area contributed by atoms with Crippen LogP contribution in [0.5, 0.6) is 0 Å². The summed E-state index contributed by atoms with van der Waals surface area (Å²) in [6.07, 6.45) is -1.90. The number of ketones is 1. The zero-order chi connectivity index (χ0) is 19.6. The molecule has 0 bridgehead atoms. The molecule has 1 aromatic carbocycles. The summed E-state index contributed by atoms with van der Waals surface area (Å²) in [7, 11) is 0. The minimum atomic E-state index is -1.65. The molecule has 27 heavy (non-hydrogen) atoms. The Morgan fingerprint density at radius 3 is 2.37 bits per heavy atom. The van der Waals surface area contributed by atoms with Gasteiger partial charge in [-0.2, -0.15) is 0 Å². The van der Waals surface area contributed by atoms with Crippen molar-refractivity contribution in [2.75, 3.05) is 18.1 Å². The molecule has 0 saturated carbocycles. The number of nitrogens with zero attached hydrogens (tertiary/aromatic N) is 1. The van der Waals surface area contributed by atoms with Crippen LogP contribution in [0.3, 0.4) is 0 Å². The number of rotatable bonds is 1. The monoisotopic (exact) mass is 375 g/mol. The number of benzene rings is 1. The van der Waals surface area contributed by atoms with E-state index < -0.39 is 35.7 Å². The molecule has 1 amide bonds. The molecule has 0 radical (unpaired) electrons. The van der Waals surface area contributed by atoms with Gasteiger partial charge in [0.25, 0.3) is 5.79 Å². The summed E-state index contributed by atoms with van der Waals surface area (Å²) >= 11 is 0. The first-order valence-corrected chi connectivity index (χ1v) is 9.16. The molecule has 3 saturated heterocycles. The van der Waals surface area contributed by atoms with Crippen LogP contribution >= 0.6 is 0 Å². The fraction of sp³-hybridized carbons (Fsp3) is 0.600. The van der Waals surface area contributed by atoms with E-state index in [0.717, 1.165) is 5.56 Å². The molecule has 0 aromatic heterocycles. The molecular weight excluding hydrogens is 350 g/mol. The van der Waals surface area contributed by atoms with Crippen molar-refractivity contribution in [1.29, 1.82) is 0 Å². The zero-order valence-electron chi connectivity index (χ0n) is 16.3. The van der Waals surface area contributed by atoms with Gasteiger partial charge in [0.05, 0.1) is 6.61 Å². The van der Waals surface area contributed by atoms with Gasteiger partial charge in [0.1, 0.15) is 12.6 Å². The largest absolute Gasteiger partial charge is 0.417 e. The molecule has 0 aliphatic carbocycles. The molecule has 146 valence electrons. The van der Waals surface area contributed by atoms with E-state index in [9.17, 15) is 9.59 Å². The van der Waals surface area contributed by atoms with Crippen molar-refractivity contribution in [3.8, 4) is 0 Å². The third-order valence-electron chi connectivity index (χ3n) is 5.18. The van der Waals surface area contributed by atoms with E-state index in [4.69, 9.17) is 18.9 Å². The van der Waals surface area contributed by atoms with Gasteiger partial charge < -0.3 is 18.9 Å². The van der Waals surface area contributed by atoms with E-state index in [-0.39, 0.29) is 18.6 Å². The van der Waals surface area contributed by atoms with Gasteiger partial charge in [0.15, 0.2) is 11.9 Å². The maximum absolute atomic E-state index is 13.0. The third kappa shape index (κ3) is 3.03. The van der Waals surface area contributed by atoms with Crippen LogP contribution in [0.2, 0.25) is 0 Å². The molecule has 0 unspecified atom stereocenters. The van der Waals surface area contributed by atoms with Crippen molar-refractivity contribution < 1.29 is 28.5 Å². The summed E-state index contributed by atoms with van der Waals surface area (Å²) in [6, 6.07) is 7.66. The minimum absolute atomic E-state index is 0.00740. The smallest absolute Gasteiger partial charge is 0.407 e. The Morgan fingerprint density at radius 1 is 1.07 bits per heavy atom. The number of hydrogen-bond donors (Lipinski definition) is 0. The highest BCUT2D eigenvalue weighted by atomic mass is 16.8. The van der Waals surface area contributed by atoms with Crippen LogP contribution in [-0.4, -0.2) is 48.8 Å². The normalized spacial score (nSPS) is 32.7. The Bertz CT molecular complexity index is 781. The van der Waals surface area contributed by atoms with Gasteiger partial charge >= 0.3 is 6.09 Å². The highest BCUT2D eigenvalue weighted by Gasteiger charge is 2.63. The second kappa shape index (κ2) is 5.77. The first kappa shape index (κ1) is 18.4. The minimum Gasteiger partial charge on any atom is -0.407 e. The van der Waals surface area contributed by atoms with Crippen molar-refractivity contribution in [2.45, 2.75) is 63.8 Å². The van der Waals surface area contributed by atoms with Crippen LogP contribution in [0, 0.1) is 0 Å². The topological polar surface area (TPSA) is 74.3 Å². The van der Waals surface area contributed by atoms with Crippen molar-refractivity contribution >= 4 is 17.6 Å². The number of ether oxygens (including phenoxy) is 4. The molecule has 3 fully saturated rings. The van der Waals surface area contributed by atoms with Gasteiger partial charge in [0, 0.05) is 5.69 Å². The van der Waals surface area contributed by atoms with E-state index in [0.29, 0.717) is 5.69 Å². The third-order valence-corrected chi connectivity index (χ3v) is 5.18. The van der Waals surface area contributed by atoms with Crippen LogP contribution in [0.1, 0.15) is 40.2 Å². The molecule has 0 N–H and O–H groups in total. The molecule has 3 heterocycles. The summed E-state index contributed by atoms with van der Waals surface area (Å²) in [5.41, 5.74) is 1.82. The maximum Gasteiger partial charge on any atom is 0.417 e. The van der Waals surface area contributed by atoms with E-state index in [1.165, 1.54) is 4.90 Å². The molecule has 3 aliphatic heterocycles. The van der Waals surface area contributed by atoms with Gasteiger partial charge in [-0.05, 0) is 37.0 Å².